The summed E-state index contributed by atoms with van der Waals surface area (Å²) in [6.07, 6.45) is 0.701. The predicted molar refractivity (Wildman–Crippen MR) is 117 cm³/mol. The maximum absolute atomic E-state index is 12.5. The summed E-state index contributed by atoms with van der Waals surface area (Å²) in [4.78, 5) is 26.3. The molecule has 5 heteroatoms. The molecule has 2 amide bonds. The highest BCUT2D eigenvalue weighted by atomic mass is 35.5. The topological polar surface area (TPSA) is 37.4 Å². The average Bonchev–Trinajstić information content (AvgIpc) is 2.97. The lowest BCUT2D eigenvalue weighted by atomic mass is 9.95. The van der Waals surface area contributed by atoms with Gasteiger partial charge in [-0.25, -0.2) is 0 Å². The second-order valence-electron chi connectivity index (χ2n) is 7.24. The molecule has 0 aliphatic carbocycles. The number of imide groups is 1. The van der Waals surface area contributed by atoms with Crippen LogP contribution < -0.4 is 0 Å². The van der Waals surface area contributed by atoms with E-state index in [-0.39, 0.29) is 17.7 Å². The highest BCUT2D eigenvalue weighted by Gasteiger charge is 2.34. The van der Waals surface area contributed by atoms with E-state index in [4.69, 9.17) is 23.2 Å². The van der Waals surface area contributed by atoms with Crippen LogP contribution >= 0.6 is 23.2 Å². The third-order valence-corrected chi connectivity index (χ3v) is 5.93. The number of amides is 2. The van der Waals surface area contributed by atoms with Gasteiger partial charge in [0.15, 0.2) is 0 Å². The Bertz CT molecular complexity index is 1060. The molecule has 0 saturated heterocycles. The zero-order valence-electron chi connectivity index (χ0n) is 15.9. The van der Waals surface area contributed by atoms with Gasteiger partial charge in [0, 0.05) is 22.2 Å². The average molecular weight is 424 g/mol. The highest BCUT2D eigenvalue weighted by molar-refractivity contribution is 6.36. The van der Waals surface area contributed by atoms with E-state index in [1.807, 2.05) is 24.3 Å². The summed E-state index contributed by atoms with van der Waals surface area (Å²) in [7, 11) is 0. The maximum atomic E-state index is 12.5. The van der Waals surface area contributed by atoms with Crippen LogP contribution in [0.2, 0.25) is 10.0 Å². The zero-order chi connectivity index (χ0) is 20.5. The molecule has 0 saturated carbocycles. The summed E-state index contributed by atoms with van der Waals surface area (Å²) in [6, 6.07) is 20.6. The van der Waals surface area contributed by atoms with E-state index >= 15 is 0 Å². The van der Waals surface area contributed by atoms with Gasteiger partial charge in [-0.1, -0.05) is 72.6 Å². The van der Waals surface area contributed by atoms with Crippen molar-refractivity contribution in [3.63, 3.8) is 0 Å². The summed E-state index contributed by atoms with van der Waals surface area (Å²) in [5, 5.41) is 1.22. The van der Waals surface area contributed by atoms with Crippen molar-refractivity contribution in [1.82, 2.24) is 4.90 Å². The van der Waals surface area contributed by atoms with Crippen molar-refractivity contribution in [2.75, 3.05) is 6.54 Å². The van der Waals surface area contributed by atoms with Crippen molar-refractivity contribution in [2.24, 2.45) is 0 Å². The van der Waals surface area contributed by atoms with Crippen LogP contribution in [-0.2, 0) is 0 Å². The second-order valence-corrected chi connectivity index (χ2v) is 8.09. The molecule has 146 valence electrons. The lowest BCUT2D eigenvalue weighted by molar-refractivity contribution is 0.0650. The van der Waals surface area contributed by atoms with Crippen molar-refractivity contribution in [3.8, 4) is 11.1 Å². The summed E-state index contributed by atoms with van der Waals surface area (Å²) < 4.78 is 0. The lowest BCUT2D eigenvalue weighted by Gasteiger charge is -2.18. The van der Waals surface area contributed by atoms with Gasteiger partial charge >= 0.3 is 0 Å². The fourth-order valence-corrected chi connectivity index (χ4v) is 4.16. The summed E-state index contributed by atoms with van der Waals surface area (Å²) in [5.74, 6) is -0.204. The minimum Gasteiger partial charge on any atom is -0.274 e. The van der Waals surface area contributed by atoms with E-state index in [1.165, 1.54) is 4.90 Å². The first-order chi connectivity index (χ1) is 14.0. The Labute approximate surface area is 179 Å². The first-order valence-corrected chi connectivity index (χ1v) is 10.2. The number of benzene rings is 3. The Morgan fingerprint density at radius 3 is 2.03 bits per heavy atom. The SMILES string of the molecule is CC(CCN1C(=O)c2ccccc2C1=O)c1ccc(-c2ccc(Cl)cc2Cl)cc1. The van der Waals surface area contributed by atoms with Gasteiger partial charge in [-0.2, -0.15) is 0 Å². The molecule has 1 atom stereocenters. The van der Waals surface area contributed by atoms with E-state index in [9.17, 15) is 9.59 Å². The Morgan fingerprint density at radius 2 is 1.45 bits per heavy atom. The first kappa shape index (κ1) is 19.7. The fraction of sp³-hybridized carbons (Fsp3) is 0.167. The van der Waals surface area contributed by atoms with Crippen molar-refractivity contribution < 1.29 is 9.59 Å². The molecule has 29 heavy (non-hydrogen) atoms. The van der Waals surface area contributed by atoms with E-state index in [0.29, 0.717) is 34.1 Å². The van der Waals surface area contributed by atoms with Gasteiger partial charge in [0.05, 0.1) is 11.1 Å². The van der Waals surface area contributed by atoms with Crippen LogP contribution in [0.5, 0.6) is 0 Å². The van der Waals surface area contributed by atoms with Crippen LogP contribution in [0.1, 0.15) is 45.5 Å². The number of hydrogen-bond donors (Lipinski definition) is 0. The van der Waals surface area contributed by atoms with Gasteiger partial charge in [0.2, 0.25) is 0 Å². The molecule has 3 nitrogen and oxygen atoms in total. The third kappa shape index (κ3) is 3.81. The molecule has 0 fully saturated rings. The van der Waals surface area contributed by atoms with Crippen LogP contribution in [0.25, 0.3) is 11.1 Å². The van der Waals surface area contributed by atoms with E-state index in [0.717, 1.165) is 16.7 Å². The number of carbonyl (C=O) groups is 2. The number of carbonyl (C=O) groups excluding carboxylic acids is 2. The number of fused-ring (bicyclic) bond motifs is 1. The van der Waals surface area contributed by atoms with Crippen molar-refractivity contribution in [2.45, 2.75) is 19.3 Å². The maximum Gasteiger partial charge on any atom is 0.261 e. The smallest absolute Gasteiger partial charge is 0.261 e. The van der Waals surface area contributed by atoms with Gasteiger partial charge < -0.3 is 0 Å². The van der Waals surface area contributed by atoms with Crippen LogP contribution in [0.4, 0.5) is 0 Å². The molecule has 1 aliphatic heterocycles. The lowest BCUT2D eigenvalue weighted by Crippen LogP contribution is -2.31. The van der Waals surface area contributed by atoms with E-state index < -0.39 is 0 Å². The molecule has 0 spiro atoms. The minimum atomic E-state index is -0.203. The quantitative estimate of drug-likeness (QED) is 0.442. The number of rotatable bonds is 5. The van der Waals surface area contributed by atoms with E-state index in [1.54, 1.807) is 30.3 Å². The Balaban J connectivity index is 1.44. The molecule has 0 radical (unpaired) electrons. The molecular weight excluding hydrogens is 405 g/mol. The monoisotopic (exact) mass is 423 g/mol. The van der Waals surface area contributed by atoms with Gasteiger partial charge in [0.1, 0.15) is 0 Å². The van der Waals surface area contributed by atoms with Crippen LogP contribution in [0, 0.1) is 0 Å². The highest BCUT2D eigenvalue weighted by Crippen LogP contribution is 2.32. The summed E-state index contributed by atoms with van der Waals surface area (Å²) >= 11 is 12.3. The van der Waals surface area contributed by atoms with Crippen LogP contribution in [-0.4, -0.2) is 23.3 Å². The summed E-state index contributed by atoms with van der Waals surface area (Å²) in [5.41, 5.74) is 4.09. The van der Waals surface area contributed by atoms with Crippen molar-refractivity contribution in [1.29, 1.82) is 0 Å². The minimum absolute atomic E-state index is 0.203. The third-order valence-electron chi connectivity index (χ3n) is 5.39. The molecule has 1 unspecified atom stereocenters. The Morgan fingerprint density at radius 1 is 0.828 bits per heavy atom. The Hall–Kier alpha value is -2.62. The predicted octanol–water partition coefficient (Wildman–Crippen LogP) is 6.45. The number of hydrogen-bond acceptors (Lipinski definition) is 2. The normalized spacial score (nSPS) is 14.2. The van der Waals surface area contributed by atoms with Crippen LogP contribution in [0.15, 0.2) is 66.7 Å². The number of halogens is 2. The molecule has 1 aliphatic rings. The molecule has 0 bridgehead atoms. The van der Waals surface area contributed by atoms with Crippen LogP contribution in [0.3, 0.4) is 0 Å². The Kier molecular flexibility index (Phi) is 5.44. The second kappa shape index (κ2) is 8.02. The van der Waals surface area contributed by atoms with E-state index in [2.05, 4.69) is 19.1 Å². The zero-order valence-corrected chi connectivity index (χ0v) is 17.4. The molecule has 1 heterocycles. The van der Waals surface area contributed by atoms with Gasteiger partial charge in [-0.05, 0) is 47.7 Å². The molecule has 3 aromatic carbocycles. The molecular formula is C24H19Cl2NO2. The van der Waals surface area contributed by atoms with Crippen molar-refractivity contribution in [3.05, 3.63) is 93.5 Å². The summed E-state index contributed by atoms with van der Waals surface area (Å²) in [6.45, 7) is 2.50. The number of nitrogens with zero attached hydrogens (tertiary/aromatic N) is 1. The largest absolute Gasteiger partial charge is 0.274 e. The molecule has 3 aromatic rings. The van der Waals surface area contributed by atoms with Gasteiger partial charge in [-0.15, -0.1) is 0 Å². The molecule has 4 rings (SSSR count). The van der Waals surface area contributed by atoms with Gasteiger partial charge in [-0.3, -0.25) is 14.5 Å². The first-order valence-electron chi connectivity index (χ1n) is 9.46. The fourth-order valence-electron chi connectivity index (χ4n) is 3.65. The van der Waals surface area contributed by atoms with Gasteiger partial charge in [0.25, 0.3) is 11.8 Å². The standard InChI is InChI=1S/C24H19Cl2NO2/c1-15(12-13-27-23(28)20-4-2-3-5-21(20)24(27)29)16-6-8-17(9-7-16)19-11-10-18(25)14-22(19)26/h2-11,14-15H,12-13H2,1H3. The van der Waals surface area contributed by atoms with Crippen molar-refractivity contribution >= 4 is 35.0 Å². The molecule has 0 aromatic heterocycles. The molecule has 0 N–H and O–H groups in total.